The molecular weight excluding hydrogens is 623 g/mol. The molecule has 2 amide bonds. The molecule has 2 aromatic carbocycles. The minimum atomic E-state index is -0.610. The lowest BCUT2D eigenvalue weighted by atomic mass is 10.0. The average Bonchev–Trinajstić information content (AvgIpc) is 3.67. The van der Waals surface area contributed by atoms with Gasteiger partial charge in [-0.05, 0) is 95.8 Å². The molecule has 4 aliphatic rings. The molecule has 4 aromatic rings. The fraction of sp³-hybridized carbons (Fsp3) is 0.474. The van der Waals surface area contributed by atoms with Gasteiger partial charge in [-0.25, -0.2) is 19.6 Å². The van der Waals surface area contributed by atoms with Crippen LogP contribution < -0.4 is 0 Å². The fourth-order valence-corrected chi connectivity index (χ4v) is 7.59. The number of imidazole rings is 2. The minimum Gasteiger partial charge on any atom is -0.444 e. The van der Waals surface area contributed by atoms with E-state index in [0.29, 0.717) is 23.2 Å². The molecule has 2 saturated heterocycles. The van der Waals surface area contributed by atoms with Gasteiger partial charge in [-0.2, -0.15) is 4.39 Å². The summed E-state index contributed by atoms with van der Waals surface area (Å²) in [5, 5.41) is 0. The minimum absolute atomic E-state index is 0.117. The van der Waals surface area contributed by atoms with Gasteiger partial charge in [0.25, 0.3) is 0 Å². The number of benzene rings is 2. The van der Waals surface area contributed by atoms with Crippen molar-refractivity contribution in [3.63, 3.8) is 0 Å². The Balaban J connectivity index is 0.952. The Morgan fingerprint density at radius 3 is 1.67 bits per heavy atom. The van der Waals surface area contributed by atoms with Gasteiger partial charge in [0.1, 0.15) is 28.5 Å². The topological polar surface area (TPSA) is 116 Å². The SMILES string of the molecule is CC(C)(C)OC(=O)N1[C@@H]2C[C@@H]2C[C@H]1c1nc(-c2ccc(-c3ccc(-c4cnc([C@H]5C[C@@H]6C[C@@H]6N5C(=O)OC(C)(C)C)[nH]4)cc3)cc2)c(F)[nH]1. The average molecular weight is 667 g/mol. The number of nitrogens with zero attached hydrogens (tertiary/aromatic N) is 4. The summed E-state index contributed by atoms with van der Waals surface area (Å²) < 4.78 is 26.6. The third-order valence-electron chi connectivity index (χ3n) is 10.0. The van der Waals surface area contributed by atoms with Gasteiger partial charge in [-0.1, -0.05) is 48.5 Å². The largest absolute Gasteiger partial charge is 0.444 e. The zero-order valence-corrected chi connectivity index (χ0v) is 28.8. The van der Waals surface area contributed by atoms with Gasteiger partial charge in [0.15, 0.2) is 0 Å². The molecule has 4 heterocycles. The maximum atomic E-state index is 15.2. The molecule has 2 N–H and O–H groups in total. The van der Waals surface area contributed by atoms with Crippen molar-refractivity contribution in [1.29, 1.82) is 0 Å². The van der Waals surface area contributed by atoms with Gasteiger partial charge in [0.05, 0.1) is 24.0 Å². The van der Waals surface area contributed by atoms with Gasteiger partial charge in [-0.15, -0.1) is 0 Å². The van der Waals surface area contributed by atoms with Crippen molar-refractivity contribution in [3.05, 3.63) is 72.3 Å². The normalized spacial score (nSPS) is 25.6. The van der Waals surface area contributed by atoms with Crippen molar-refractivity contribution in [3.8, 4) is 33.6 Å². The number of carbonyl (C=O) groups is 2. The van der Waals surface area contributed by atoms with Crippen LogP contribution in [0.1, 0.15) is 91.0 Å². The number of halogens is 1. The number of hydrogen-bond donors (Lipinski definition) is 2. The molecule has 11 heteroatoms. The number of carbonyl (C=O) groups excluding carboxylic acids is 2. The van der Waals surface area contributed by atoms with E-state index in [1.54, 1.807) is 4.90 Å². The molecule has 2 aromatic heterocycles. The number of aromatic amines is 2. The van der Waals surface area contributed by atoms with Crippen LogP contribution in [0.2, 0.25) is 0 Å². The molecule has 10 nitrogen and oxygen atoms in total. The van der Waals surface area contributed by atoms with E-state index in [9.17, 15) is 9.59 Å². The van der Waals surface area contributed by atoms with Crippen molar-refractivity contribution in [2.45, 2.75) is 103 Å². The summed E-state index contributed by atoms with van der Waals surface area (Å²) in [6, 6.07) is 15.7. The summed E-state index contributed by atoms with van der Waals surface area (Å²) in [5.41, 5.74) is 3.61. The first-order valence-electron chi connectivity index (χ1n) is 17.3. The summed E-state index contributed by atoms with van der Waals surface area (Å²) in [4.78, 5) is 45.2. The van der Waals surface area contributed by atoms with E-state index < -0.39 is 17.1 Å². The maximum absolute atomic E-state index is 15.2. The molecule has 4 fully saturated rings. The highest BCUT2D eigenvalue weighted by atomic mass is 19.1. The Labute approximate surface area is 285 Å². The second-order valence-corrected chi connectivity index (χ2v) is 16.0. The number of hydrogen-bond acceptors (Lipinski definition) is 6. The van der Waals surface area contributed by atoms with E-state index in [1.165, 1.54) is 0 Å². The maximum Gasteiger partial charge on any atom is 0.411 e. The second kappa shape index (κ2) is 11.2. The fourth-order valence-electron chi connectivity index (χ4n) is 7.59. The molecule has 2 saturated carbocycles. The predicted octanol–water partition coefficient (Wildman–Crippen LogP) is 8.41. The van der Waals surface area contributed by atoms with Crippen LogP contribution in [0.4, 0.5) is 14.0 Å². The smallest absolute Gasteiger partial charge is 0.411 e. The Kier molecular flexibility index (Phi) is 7.21. The standard InChI is InChI=1S/C38H43FN6O4/c1-37(2,3)48-35(46)44-27-15-24(27)17-29(44)33-40-19-26(41-33)22-11-7-20(8-12-22)21-9-13-23(14-10-21)31-32(39)43-34(42-31)30-18-25-16-28(25)45(30)36(47)49-38(4,5)6/h7-14,19,24-25,27-30H,15-18H2,1-6H3,(H,40,41)(H,42,43)/t24-,25+,27-,28+,29+,30-/m0/s1. The summed E-state index contributed by atoms with van der Waals surface area (Å²) in [6.45, 7) is 11.2. The Morgan fingerprint density at radius 2 is 1.16 bits per heavy atom. The van der Waals surface area contributed by atoms with Crippen molar-refractivity contribution >= 4 is 12.2 Å². The Morgan fingerprint density at radius 1 is 0.694 bits per heavy atom. The van der Waals surface area contributed by atoms with Gasteiger partial charge in [0, 0.05) is 17.6 Å². The van der Waals surface area contributed by atoms with Crippen LogP contribution in [0.3, 0.4) is 0 Å². The lowest BCUT2D eigenvalue weighted by Gasteiger charge is -2.29. The molecule has 2 aliphatic carbocycles. The van der Waals surface area contributed by atoms with Crippen LogP contribution in [0.5, 0.6) is 0 Å². The highest BCUT2D eigenvalue weighted by molar-refractivity contribution is 5.73. The quantitative estimate of drug-likeness (QED) is 0.221. The van der Waals surface area contributed by atoms with Crippen LogP contribution in [-0.2, 0) is 9.47 Å². The van der Waals surface area contributed by atoms with E-state index in [4.69, 9.17) is 9.47 Å². The number of nitrogens with one attached hydrogen (secondary N) is 2. The van der Waals surface area contributed by atoms with E-state index in [0.717, 1.165) is 53.9 Å². The first-order chi connectivity index (χ1) is 23.2. The first-order valence-corrected chi connectivity index (χ1v) is 17.3. The number of fused-ring (bicyclic) bond motifs is 2. The number of amides is 2. The van der Waals surface area contributed by atoms with Gasteiger partial charge in [-0.3, -0.25) is 9.80 Å². The number of aromatic nitrogens is 4. The molecule has 0 unspecified atom stereocenters. The number of H-pyrrole nitrogens is 2. The molecule has 0 bridgehead atoms. The molecule has 2 aliphatic heterocycles. The van der Waals surface area contributed by atoms with Crippen molar-refractivity contribution in [1.82, 2.24) is 29.7 Å². The second-order valence-electron chi connectivity index (χ2n) is 16.0. The van der Waals surface area contributed by atoms with E-state index in [2.05, 4.69) is 19.9 Å². The van der Waals surface area contributed by atoms with Gasteiger partial charge < -0.3 is 19.4 Å². The highest BCUT2D eigenvalue weighted by Gasteiger charge is 2.57. The van der Waals surface area contributed by atoms with E-state index >= 15 is 4.39 Å². The third kappa shape index (κ3) is 6.08. The van der Waals surface area contributed by atoms with Crippen LogP contribution in [0.15, 0.2) is 54.7 Å². The zero-order valence-electron chi connectivity index (χ0n) is 28.8. The van der Waals surface area contributed by atoms with E-state index in [-0.39, 0.29) is 42.0 Å². The molecule has 256 valence electrons. The summed E-state index contributed by atoms with van der Waals surface area (Å²) in [5.74, 6) is 1.64. The number of likely N-dealkylation sites (tertiary alicyclic amines) is 2. The van der Waals surface area contributed by atoms with Gasteiger partial charge >= 0.3 is 12.2 Å². The number of piperidine rings is 2. The summed E-state index contributed by atoms with van der Waals surface area (Å²) in [6.07, 6.45) is 4.79. The molecular formula is C38H43FN6O4. The Hall–Kier alpha value is -4.67. The van der Waals surface area contributed by atoms with Crippen LogP contribution >= 0.6 is 0 Å². The van der Waals surface area contributed by atoms with Crippen molar-refractivity contribution in [2.75, 3.05) is 0 Å². The van der Waals surface area contributed by atoms with Crippen LogP contribution in [-0.4, -0.2) is 65.2 Å². The van der Waals surface area contributed by atoms with Crippen molar-refractivity contribution in [2.24, 2.45) is 11.8 Å². The summed E-state index contributed by atoms with van der Waals surface area (Å²) >= 11 is 0. The molecule has 0 radical (unpaired) electrons. The van der Waals surface area contributed by atoms with Gasteiger partial charge in [0.2, 0.25) is 5.95 Å². The summed E-state index contributed by atoms with van der Waals surface area (Å²) in [7, 11) is 0. The van der Waals surface area contributed by atoms with E-state index in [1.807, 2.05) is 101 Å². The zero-order chi connectivity index (χ0) is 34.4. The number of rotatable bonds is 5. The molecule has 0 spiro atoms. The van der Waals surface area contributed by atoms with Crippen molar-refractivity contribution < 1.29 is 23.5 Å². The monoisotopic (exact) mass is 666 g/mol. The van der Waals surface area contributed by atoms with Crippen LogP contribution in [0, 0.1) is 17.8 Å². The molecule has 8 rings (SSSR count). The Bertz CT molecular complexity index is 1900. The first kappa shape index (κ1) is 31.6. The van der Waals surface area contributed by atoms with Crippen LogP contribution in [0.25, 0.3) is 33.6 Å². The molecule has 49 heavy (non-hydrogen) atoms. The lowest BCUT2D eigenvalue weighted by molar-refractivity contribution is 0.0164. The molecule has 6 atom stereocenters. The highest BCUT2D eigenvalue weighted by Crippen LogP contribution is 2.54. The lowest BCUT2D eigenvalue weighted by Crippen LogP contribution is -2.38. The third-order valence-corrected chi connectivity index (χ3v) is 10.0. The number of ether oxygens (including phenoxy) is 2. The predicted molar refractivity (Wildman–Crippen MR) is 182 cm³/mol.